The van der Waals surface area contributed by atoms with Crippen LogP contribution in [0, 0.1) is 0 Å². The van der Waals surface area contributed by atoms with E-state index in [1.165, 1.54) is 10.3 Å². The zero-order chi connectivity index (χ0) is 14.8. The molecule has 2 aromatic rings. The van der Waals surface area contributed by atoms with Crippen molar-refractivity contribution in [2.75, 3.05) is 37.6 Å². The monoisotopic (exact) mass is 305 g/mol. The number of hydrogen-bond acceptors (Lipinski definition) is 6. The van der Waals surface area contributed by atoms with Crippen molar-refractivity contribution in [1.82, 2.24) is 14.9 Å². The maximum Gasteiger partial charge on any atom is 0.140 e. The molecule has 3 rings (SSSR count). The molecule has 114 valence electrons. The largest absolute Gasteiger partial charge is 0.353 e. The lowest BCUT2D eigenvalue weighted by Gasteiger charge is -2.38. The third kappa shape index (κ3) is 2.88. The molecule has 3 heterocycles. The van der Waals surface area contributed by atoms with E-state index in [0.717, 1.165) is 49.8 Å². The molecule has 1 unspecified atom stereocenters. The van der Waals surface area contributed by atoms with Crippen molar-refractivity contribution < 1.29 is 0 Å². The highest BCUT2D eigenvalue weighted by Gasteiger charge is 2.22. The predicted octanol–water partition coefficient (Wildman–Crippen LogP) is 1.72. The summed E-state index contributed by atoms with van der Waals surface area (Å²) in [5.74, 6) is 1.09. The van der Waals surface area contributed by atoms with Crippen molar-refractivity contribution in [3.8, 4) is 0 Å². The molecule has 0 spiro atoms. The summed E-state index contributed by atoms with van der Waals surface area (Å²) in [6, 6.07) is 2.72. The van der Waals surface area contributed by atoms with Crippen LogP contribution < -0.4 is 10.6 Å². The molecule has 1 fully saturated rings. The van der Waals surface area contributed by atoms with Crippen molar-refractivity contribution in [3.05, 3.63) is 17.3 Å². The van der Waals surface area contributed by atoms with Gasteiger partial charge in [-0.25, -0.2) is 9.97 Å². The molecule has 1 aliphatic heterocycles. The fourth-order valence-electron chi connectivity index (χ4n) is 2.84. The Labute approximate surface area is 129 Å². The van der Waals surface area contributed by atoms with Gasteiger partial charge in [0.05, 0.1) is 5.39 Å². The predicted molar refractivity (Wildman–Crippen MR) is 89.1 cm³/mol. The Morgan fingerprint density at radius 1 is 1.29 bits per heavy atom. The minimum absolute atomic E-state index is 0.463. The van der Waals surface area contributed by atoms with Crippen LogP contribution in [0.2, 0.25) is 0 Å². The average molecular weight is 305 g/mol. The molecule has 2 N–H and O–H groups in total. The van der Waals surface area contributed by atoms with Crippen molar-refractivity contribution in [2.24, 2.45) is 5.73 Å². The molecule has 1 saturated heterocycles. The zero-order valence-corrected chi connectivity index (χ0v) is 13.6. The fourth-order valence-corrected chi connectivity index (χ4v) is 3.77. The van der Waals surface area contributed by atoms with Crippen LogP contribution in [0.1, 0.15) is 18.7 Å². The van der Waals surface area contributed by atoms with Gasteiger partial charge in [0, 0.05) is 43.6 Å². The van der Waals surface area contributed by atoms with Gasteiger partial charge in [-0.1, -0.05) is 6.92 Å². The molecule has 1 aliphatic rings. The first-order valence-electron chi connectivity index (χ1n) is 7.65. The van der Waals surface area contributed by atoms with Gasteiger partial charge >= 0.3 is 0 Å². The van der Waals surface area contributed by atoms with Crippen LogP contribution in [0.5, 0.6) is 0 Å². The van der Waals surface area contributed by atoms with Crippen LogP contribution in [0.3, 0.4) is 0 Å². The molecule has 0 saturated carbocycles. The molecular formula is C15H23N5S. The minimum atomic E-state index is 0.463. The van der Waals surface area contributed by atoms with E-state index >= 15 is 0 Å². The van der Waals surface area contributed by atoms with Crippen molar-refractivity contribution in [3.63, 3.8) is 0 Å². The summed E-state index contributed by atoms with van der Waals surface area (Å²) in [4.78, 5) is 16.3. The molecule has 0 bridgehead atoms. The lowest BCUT2D eigenvalue weighted by Crippen LogP contribution is -2.51. The molecule has 0 aromatic carbocycles. The van der Waals surface area contributed by atoms with E-state index in [4.69, 9.17) is 5.73 Å². The topological polar surface area (TPSA) is 58.3 Å². The van der Waals surface area contributed by atoms with Crippen LogP contribution in [-0.2, 0) is 6.42 Å². The van der Waals surface area contributed by atoms with E-state index in [1.54, 1.807) is 17.7 Å². The number of aryl methyl sites for hydroxylation is 1. The van der Waals surface area contributed by atoms with Gasteiger partial charge < -0.3 is 10.6 Å². The molecule has 5 nitrogen and oxygen atoms in total. The SMILES string of the molecule is CCc1cc2c(N3CCN(C(C)CN)CC3)ncnc2s1. The lowest BCUT2D eigenvalue weighted by molar-refractivity contribution is 0.201. The van der Waals surface area contributed by atoms with Gasteiger partial charge in [-0.3, -0.25) is 4.90 Å². The summed E-state index contributed by atoms with van der Waals surface area (Å²) in [5.41, 5.74) is 5.77. The van der Waals surface area contributed by atoms with Crippen LogP contribution in [-0.4, -0.2) is 53.6 Å². The van der Waals surface area contributed by atoms with Crippen molar-refractivity contribution in [1.29, 1.82) is 0 Å². The molecule has 0 amide bonds. The first-order chi connectivity index (χ1) is 10.2. The van der Waals surface area contributed by atoms with Gasteiger partial charge in [0.2, 0.25) is 0 Å². The molecular weight excluding hydrogens is 282 g/mol. The van der Waals surface area contributed by atoms with E-state index in [1.807, 2.05) is 0 Å². The number of piperazine rings is 1. The standard InChI is InChI=1S/C15H23N5S/c1-3-12-8-13-14(17-10-18-15(13)21-12)20-6-4-19(5-7-20)11(2)9-16/h8,10-11H,3-7,9,16H2,1-2H3. The maximum absolute atomic E-state index is 5.77. The third-order valence-electron chi connectivity index (χ3n) is 4.29. The number of nitrogens with two attached hydrogens (primary N) is 1. The van der Waals surface area contributed by atoms with Gasteiger partial charge in [-0.15, -0.1) is 11.3 Å². The third-order valence-corrected chi connectivity index (χ3v) is 5.47. The Balaban J connectivity index is 1.80. The van der Waals surface area contributed by atoms with Gasteiger partial charge in [0.15, 0.2) is 0 Å². The summed E-state index contributed by atoms with van der Waals surface area (Å²) in [5, 5.41) is 1.21. The van der Waals surface area contributed by atoms with Crippen molar-refractivity contribution >= 4 is 27.4 Å². The first kappa shape index (κ1) is 14.7. The Morgan fingerprint density at radius 3 is 2.71 bits per heavy atom. The summed E-state index contributed by atoms with van der Waals surface area (Å²) < 4.78 is 0. The van der Waals surface area contributed by atoms with E-state index in [0.29, 0.717) is 6.04 Å². The number of rotatable bonds is 4. The van der Waals surface area contributed by atoms with Gasteiger partial charge in [0.25, 0.3) is 0 Å². The molecule has 0 radical (unpaired) electrons. The van der Waals surface area contributed by atoms with Crippen LogP contribution >= 0.6 is 11.3 Å². The molecule has 1 atom stereocenters. The highest BCUT2D eigenvalue weighted by atomic mass is 32.1. The van der Waals surface area contributed by atoms with E-state index < -0.39 is 0 Å². The van der Waals surface area contributed by atoms with Crippen LogP contribution in [0.4, 0.5) is 5.82 Å². The summed E-state index contributed by atoms with van der Waals surface area (Å²) >= 11 is 1.78. The zero-order valence-electron chi connectivity index (χ0n) is 12.7. The fraction of sp³-hybridized carbons (Fsp3) is 0.600. The number of fused-ring (bicyclic) bond motifs is 1. The Morgan fingerprint density at radius 2 is 2.05 bits per heavy atom. The number of nitrogens with zero attached hydrogens (tertiary/aromatic N) is 4. The maximum atomic E-state index is 5.77. The average Bonchev–Trinajstić information content (AvgIpc) is 2.97. The summed E-state index contributed by atoms with van der Waals surface area (Å²) in [7, 11) is 0. The van der Waals surface area contributed by atoms with E-state index in [2.05, 4.69) is 39.7 Å². The van der Waals surface area contributed by atoms with E-state index in [9.17, 15) is 0 Å². The Hall–Kier alpha value is -1.24. The van der Waals surface area contributed by atoms with Crippen LogP contribution in [0.15, 0.2) is 12.4 Å². The molecule has 21 heavy (non-hydrogen) atoms. The van der Waals surface area contributed by atoms with E-state index in [-0.39, 0.29) is 0 Å². The second-order valence-corrected chi connectivity index (χ2v) is 6.71. The van der Waals surface area contributed by atoms with Gasteiger partial charge in [-0.05, 0) is 19.4 Å². The number of aromatic nitrogens is 2. The minimum Gasteiger partial charge on any atom is -0.353 e. The van der Waals surface area contributed by atoms with Crippen molar-refractivity contribution in [2.45, 2.75) is 26.3 Å². The van der Waals surface area contributed by atoms with Gasteiger partial charge in [-0.2, -0.15) is 0 Å². The first-order valence-corrected chi connectivity index (χ1v) is 8.47. The lowest BCUT2D eigenvalue weighted by atomic mass is 10.2. The Kier molecular flexibility index (Phi) is 4.37. The van der Waals surface area contributed by atoms with Crippen LogP contribution in [0.25, 0.3) is 10.2 Å². The number of anilines is 1. The molecule has 6 heteroatoms. The molecule has 0 aliphatic carbocycles. The summed E-state index contributed by atoms with van der Waals surface area (Å²) in [6.45, 7) is 9.22. The number of hydrogen-bond donors (Lipinski definition) is 1. The quantitative estimate of drug-likeness (QED) is 0.932. The Bertz CT molecular complexity index is 603. The second-order valence-electron chi connectivity index (χ2n) is 5.59. The molecule has 2 aromatic heterocycles. The smallest absolute Gasteiger partial charge is 0.140 e. The second kappa shape index (κ2) is 6.25. The summed E-state index contributed by atoms with van der Waals surface area (Å²) in [6.07, 6.45) is 2.75. The van der Waals surface area contributed by atoms with Gasteiger partial charge in [0.1, 0.15) is 17.0 Å². The normalized spacial score (nSPS) is 18.3. The highest BCUT2D eigenvalue weighted by Crippen LogP contribution is 2.30. The highest BCUT2D eigenvalue weighted by molar-refractivity contribution is 7.18. The number of thiophene rings is 1.